The number of allylic oxidation sites excluding steroid dienone is 3. The molecular weight excluding hydrogens is 335 g/mol. The smallest absolute Gasteiger partial charge is 0.369 e. The number of carboxylic acid groups (broad SMARTS) is 1. The normalized spacial score (nSPS) is 27.2. The van der Waals surface area contributed by atoms with Crippen LogP contribution in [0.3, 0.4) is 0 Å². The van der Waals surface area contributed by atoms with Crippen molar-refractivity contribution in [2.24, 2.45) is 17.8 Å². The molecule has 1 unspecified atom stereocenters. The Morgan fingerprint density at radius 2 is 1.88 bits per heavy atom. The van der Waals surface area contributed by atoms with Crippen molar-refractivity contribution < 1.29 is 24.5 Å². The van der Waals surface area contributed by atoms with Crippen molar-refractivity contribution in [1.82, 2.24) is 0 Å². The molecule has 0 spiro atoms. The maximum absolute atomic E-state index is 13.6. The first-order chi connectivity index (χ1) is 12.3. The Labute approximate surface area is 156 Å². The number of aliphatic hydroxyl groups is 2. The minimum Gasteiger partial charge on any atom is -0.477 e. The number of rotatable bonds is 12. The molecule has 5 heteroatoms. The van der Waals surface area contributed by atoms with Crippen molar-refractivity contribution in [2.75, 3.05) is 0 Å². The van der Waals surface area contributed by atoms with Crippen LogP contribution in [0.4, 0.5) is 4.39 Å². The lowest BCUT2D eigenvalue weighted by Crippen LogP contribution is -2.40. The standard InChI is InChI=1S/C21H35FO4/c1-3-4-5-6-7-8-12-17-14-15-19(23)18(17)13-10-9-11-16(2)21(22,26)20(24)25/h8,10,12-13,16-19,23,26H,3-7,9,11,14-15H2,1-2H3,(H,24,25)/t16?,17-,18+,19-,21-/m0/s1. The van der Waals surface area contributed by atoms with Crippen LogP contribution in [0.5, 0.6) is 0 Å². The van der Waals surface area contributed by atoms with Crippen molar-refractivity contribution in [1.29, 1.82) is 0 Å². The van der Waals surface area contributed by atoms with Crippen LogP contribution in [0.25, 0.3) is 0 Å². The third kappa shape index (κ3) is 7.20. The number of hydrogen-bond acceptors (Lipinski definition) is 3. The minimum atomic E-state index is -3.19. The second-order valence-electron chi connectivity index (χ2n) is 7.55. The molecule has 0 radical (unpaired) electrons. The second kappa shape index (κ2) is 11.5. The summed E-state index contributed by atoms with van der Waals surface area (Å²) < 4.78 is 13.6. The summed E-state index contributed by atoms with van der Waals surface area (Å²) >= 11 is 0. The van der Waals surface area contributed by atoms with E-state index in [4.69, 9.17) is 5.11 Å². The first kappa shape index (κ1) is 22.8. The van der Waals surface area contributed by atoms with Gasteiger partial charge in [0.05, 0.1) is 6.10 Å². The molecule has 0 heterocycles. The first-order valence-corrected chi connectivity index (χ1v) is 9.96. The van der Waals surface area contributed by atoms with E-state index in [1.54, 1.807) is 0 Å². The lowest BCUT2D eigenvalue weighted by Gasteiger charge is -2.21. The number of carbonyl (C=O) groups is 1. The van der Waals surface area contributed by atoms with E-state index in [2.05, 4.69) is 19.1 Å². The lowest BCUT2D eigenvalue weighted by molar-refractivity contribution is -0.192. The van der Waals surface area contributed by atoms with Gasteiger partial charge in [-0.25, -0.2) is 4.79 Å². The van der Waals surface area contributed by atoms with Crippen LogP contribution in [0, 0.1) is 17.8 Å². The molecule has 0 aromatic heterocycles. The fourth-order valence-corrected chi connectivity index (χ4v) is 3.49. The monoisotopic (exact) mass is 370 g/mol. The molecule has 0 bridgehead atoms. The van der Waals surface area contributed by atoms with Gasteiger partial charge in [0.25, 0.3) is 0 Å². The molecule has 1 rings (SSSR count). The maximum Gasteiger partial charge on any atom is 0.369 e. The quantitative estimate of drug-likeness (QED) is 0.346. The van der Waals surface area contributed by atoms with Gasteiger partial charge < -0.3 is 15.3 Å². The van der Waals surface area contributed by atoms with Crippen LogP contribution in [-0.4, -0.2) is 33.2 Å². The number of halogens is 1. The summed E-state index contributed by atoms with van der Waals surface area (Å²) in [6.45, 7) is 3.58. The highest BCUT2D eigenvalue weighted by molar-refractivity contribution is 5.75. The van der Waals surface area contributed by atoms with Crippen LogP contribution in [-0.2, 0) is 4.79 Å². The highest BCUT2D eigenvalue weighted by Gasteiger charge is 2.41. The maximum atomic E-state index is 13.6. The van der Waals surface area contributed by atoms with Crippen molar-refractivity contribution in [2.45, 2.75) is 83.6 Å². The Balaban J connectivity index is 2.43. The molecule has 0 aromatic rings. The molecule has 1 saturated carbocycles. The Hall–Kier alpha value is -1.20. The van der Waals surface area contributed by atoms with Gasteiger partial charge in [0, 0.05) is 11.8 Å². The van der Waals surface area contributed by atoms with E-state index in [0.717, 1.165) is 19.3 Å². The summed E-state index contributed by atoms with van der Waals surface area (Å²) in [5.41, 5.74) is 0. The summed E-state index contributed by atoms with van der Waals surface area (Å²) in [7, 11) is 0. The number of aliphatic hydroxyl groups excluding tert-OH is 1. The van der Waals surface area contributed by atoms with E-state index in [0.29, 0.717) is 12.3 Å². The number of alkyl halides is 1. The zero-order valence-electron chi connectivity index (χ0n) is 16.1. The number of carboxylic acids is 1. The molecule has 26 heavy (non-hydrogen) atoms. The van der Waals surface area contributed by atoms with Crippen LogP contribution in [0.2, 0.25) is 0 Å². The Kier molecular flexibility index (Phi) is 10.1. The number of hydrogen-bond donors (Lipinski definition) is 3. The minimum absolute atomic E-state index is 0.0564. The molecule has 0 amide bonds. The molecular formula is C21H35FO4. The van der Waals surface area contributed by atoms with Gasteiger partial charge >= 0.3 is 11.8 Å². The van der Waals surface area contributed by atoms with Gasteiger partial charge in [-0.05, 0) is 44.4 Å². The third-order valence-corrected chi connectivity index (χ3v) is 5.42. The summed E-state index contributed by atoms with van der Waals surface area (Å²) in [5, 5.41) is 28.1. The summed E-state index contributed by atoms with van der Waals surface area (Å²) in [6, 6.07) is 0. The Bertz CT molecular complexity index is 473. The molecule has 0 aromatic carbocycles. The van der Waals surface area contributed by atoms with Gasteiger partial charge in [-0.1, -0.05) is 57.4 Å². The summed E-state index contributed by atoms with van der Waals surface area (Å²) in [5.74, 6) is -5.65. The highest BCUT2D eigenvalue weighted by atomic mass is 19.2. The van der Waals surface area contributed by atoms with Crippen molar-refractivity contribution in [3.8, 4) is 0 Å². The van der Waals surface area contributed by atoms with E-state index in [-0.39, 0.29) is 18.4 Å². The predicted molar refractivity (Wildman–Crippen MR) is 101 cm³/mol. The molecule has 0 aliphatic heterocycles. The van der Waals surface area contributed by atoms with Gasteiger partial charge in [-0.2, -0.15) is 4.39 Å². The summed E-state index contributed by atoms with van der Waals surface area (Å²) in [4.78, 5) is 10.7. The Morgan fingerprint density at radius 1 is 1.19 bits per heavy atom. The highest BCUT2D eigenvalue weighted by Crippen LogP contribution is 2.34. The van der Waals surface area contributed by atoms with E-state index in [1.165, 1.54) is 32.6 Å². The molecule has 1 aliphatic carbocycles. The summed E-state index contributed by atoms with van der Waals surface area (Å²) in [6.07, 6.45) is 16.4. The largest absolute Gasteiger partial charge is 0.477 e. The first-order valence-electron chi connectivity index (χ1n) is 9.96. The topological polar surface area (TPSA) is 77.8 Å². The molecule has 150 valence electrons. The number of aliphatic carboxylic acids is 1. The van der Waals surface area contributed by atoms with E-state index in [1.807, 2.05) is 12.2 Å². The zero-order chi connectivity index (χ0) is 19.6. The second-order valence-corrected chi connectivity index (χ2v) is 7.55. The molecule has 0 saturated heterocycles. The zero-order valence-corrected chi connectivity index (χ0v) is 16.1. The average molecular weight is 371 g/mol. The van der Waals surface area contributed by atoms with E-state index < -0.39 is 17.7 Å². The van der Waals surface area contributed by atoms with Crippen LogP contribution in [0.1, 0.15) is 71.6 Å². The Morgan fingerprint density at radius 3 is 2.54 bits per heavy atom. The SMILES string of the molecule is CCCCCCC=C[C@H]1CC[C@H](O)[C@@H]1C=CCCC(C)[C@@](O)(F)C(=O)O. The van der Waals surface area contributed by atoms with Gasteiger partial charge in [0.15, 0.2) is 0 Å². The molecule has 3 N–H and O–H groups in total. The predicted octanol–water partition coefficient (Wildman–Crippen LogP) is 4.62. The van der Waals surface area contributed by atoms with E-state index in [9.17, 15) is 19.4 Å². The average Bonchev–Trinajstić information content (AvgIpc) is 2.94. The van der Waals surface area contributed by atoms with Gasteiger partial charge in [0.1, 0.15) is 0 Å². The fourth-order valence-electron chi connectivity index (χ4n) is 3.49. The lowest BCUT2D eigenvalue weighted by atomic mass is 9.92. The van der Waals surface area contributed by atoms with Gasteiger partial charge in [-0.3, -0.25) is 0 Å². The van der Waals surface area contributed by atoms with E-state index >= 15 is 0 Å². The molecule has 1 fully saturated rings. The fraction of sp³-hybridized carbons (Fsp3) is 0.762. The van der Waals surface area contributed by atoms with Crippen LogP contribution >= 0.6 is 0 Å². The van der Waals surface area contributed by atoms with Crippen molar-refractivity contribution in [3.05, 3.63) is 24.3 Å². The van der Waals surface area contributed by atoms with Gasteiger partial charge in [0.2, 0.25) is 0 Å². The van der Waals surface area contributed by atoms with Crippen molar-refractivity contribution in [3.63, 3.8) is 0 Å². The number of unbranched alkanes of at least 4 members (excludes halogenated alkanes) is 4. The van der Waals surface area contributed by atoms with Gasteiger partial charge in [-0.15, -0.1) is 0 Å². The molecule has 4 nitrogen and oxygen atoms in total. The van der Waals surface area contributed by atoms with Crippen LogP contribution < -0.4 is 0 Å². The molecule has 5 atom stereocenters. The molecule has 1 aliphatic rings. The third-order valence-electron chi connectivity index (χ3n) is 5.42. The van der Waals surface area contributed by atoms with Crippen LogP contribution in [0.15, 0.2) is 24.3 Å². The van der Waals surface area contributed by atoms with Crippen molar-refractivity contribution >= 4 is 5.97 Å².